The van der Waals surface area contributed by atoms with Crippen LogP contribution in [-0.2, 0) is 6.54 Å². The van der Waals surface area contributed by atoms with Crippen molar-refractivity contribution in [3.8, 4) is 0 Å². The predicted molar refractivity (Wildman–Crippen MR) is 72.9 cm³/mol. The zero-order valence-electron chi connectivity index (χ0n) is 9.64. The molecule has 1 atom stereocenters. The van der Waals surface area contributed by atoms with Crippen molar-refractivity contribution in [3.05, 3.63) is 44.4 Å². The molecule has 0 bridgehead atoms. The number of halogens is 1. The van der Waals surface area contributed by atoms with Gasteiger partial charge in [0.1, 0.15) is 5.76 Å². The van der Waals surface area contributed by atoms with Crippen LogP contribution in [0.1, 0.15) is 34.2 Å². The molecule has 2 N–H and O–H groups in total. The van der Waals surface area contributed by atoms with Crippen molar-refractivity contribution in [2.24, 2.45) is 0 Å². The quantitative estimate of drug-likeness (QED) is 0.878. The summed E-state index contributed by atoms with van der Waals surface area (Å²) in [5.41, 5.74) is 0. The highest BCUT2D eigenvalue weighted by Crippen LogP contribution is 2.21. The van der Waals surface area contributed by atoms with Gasteiger partial charge in [-0.05, 0) is 41.1 Å². The number of carboxylic acid groups (broad SMARTS) is 1. The van der Waals surface area contributed by atoms with E-state index in [0.29, 0.717) is 5.76 Å². The Morgan fingerprint density at radius 1 is 1.61 bits per heavy atom. The second kappa shape index (κ2) is 5.69. The number of hydrogen-bond donors (Lipinski definition) is 2. The normalized spacial score (nSPS) is 12.6. The van der Waals surface area contributed by atoms with Crippen molar-refractivity contribution < 1.29 is 14.3 Å². The molecule has 0 amide bonds. The lowest BCUT2D eigenvalue weighted by molar-refractivity contribution is 0.0659. The summed E-state index contributed by atoms with van der Waals surface area (Å²) in [6.45, 7) is 2.66. The molecule has 0 aromatic carbocycles. The first kappa shape index (κ1) is 13.3. The predicted octanol–water partition coefficient (Wildman–Crippen LogP) is 3.65. The van der Waals surface area contributed by atoms with Crippen LogP contribution in [0.25, 0.3) is 0 Å². The van der Waals surface area contributed by atoms with Crippen LogP contribution in [0, 0.1) is 0 Å². The van der Waals surface area contributed by atoms with Gasteiger partial charge in [0.25, 0.3) is 0 Å². The topological polar surface area (TPSA) is 62.5 Å². The third-order valence-electron chi connectivity index (χ3n) is 2.47. The number of rotatable bonds is 5. The van der Waals surface area contributed by atoms with Crippen LogP contribution in [0.4, 0.5) is 0 Å². The SMILES string of the molecule is CC(NCc1cc(Br)cs1)c1ccc(C(=O)O)o1. The summed E-state index contributed by atoms with van der Waals surface area (Å²) < 4.78 is 6.30. The first-order chi connectivity index (χ1) is 8.56. The Hall–Kier alpha value is -1.11. The van der Waals surface area contributed by atoms with Crippen molar-refractivity contribution in [2.45, 2.75) is 19.5 Å². The number of furan rings is 1. The molecule has 0 saturated carbocycles. The van der Waals surface area contributed by atoms with Gasteiger partial charge in [-0.25, -0.2) is 4.79 Å². The highest BCUT2D eigenvalue weighted by molar-refractivity contribution is 9.10. The lowest BCUT2D eigenvalue weighted by atomic mass is 10.2. The first-order valence-electron chi connectivity index (χ1n) is 5.35. The molecule has 2 rings (SSSR count). The Labute approximate surface area is 117 Å². The van der Waals surface area contributed by atoms with Gasteiger partial charge in [-0.3, -0.25) is 0 Å². The minimum Gasteiger partial charge on any atom is -0.475 e. The van der Waals surface area contributed by atoms with Crippen molar-refractivity contribution >= 4 is 33.2 Å². The van der Waals surface area contributed by atoms with Gasteiger partial charge in [-0.1, -0.05) is 0 Å². The molecule has 6 heteroatoms. The van der Waals surface area contributed by atoms with Crippen LogP contribution in [0.15, 0.2) is 32.5 Å². The van der Waals surface area contributed by atoms with Crippen molar-refractivity contribution in [2.75, 3.05) is 0 Å². The molecule has 0 radical (unpaired) electrons. The minimum absolute atomic E-state index is 0.0287. The maximum Gasteiger partial charge on any atom is 0.371 e. The van der Waals surface area contributed by atoms with Crippen LogP contribution in [0.3, 0.4) is 0 Å². The maximum atomic E-state index is 10.7. The molecule has 18 heavy (non-hydrogen) atoms. The maximum absolute atomic E-state index is 10.7. The molecule has 0 aliphatic carbocycles. The largest absolute Gasteiger partial charge is 0.475 e. The molecule has 0 aliphatic rings. The molecule has 0 spiro atoms. The van der Waals surface area contributed by atoms with E-state index in [2.05, 4.69) is 27.3 Å². The van der Waals surface area contributed by atoms with E-state index in [-0.39, 0.29) is 11.8 Å². The van der Waals surface area contributed by atoms with Gasteiger partial charge in [0, 0.05) is 21.3 Å². The number of aromatic carboxylic acids is 1. The van der Waals surface area contributed by atoms with Crippen molar-refractivity contribution in [1.82, 2.24) is 5.32 Å². The third-order valence-corrected chi connectivity index (χ3v) is 4.17. The Kier molecular flexibility index (Phi) is 4.21. The Morgan fingerprint density at radius 3 is 2.94 bits per heavy atom. The van der Waals surface area contributed by atoms with E-state index in [9.17, 15) is 4.79 Å². The van der Waals surface area contributed by atoms with Gasteiger partial charge in [-0.2, -0.15) is 0 Å². The van der Waals surface area contributed by atoms with Gasteiger partial charge in [0.2, 0.25) is 5.76 Å². The molecule has 0 saturated heterocycles. The van der Waals surface area contributed by atoms with Crippen LogP contribution in [-0.4, -0.2) is 11.1 Å². The monoisotopic (exact) mass is 329 g/mol. The van der Waals surface area contributed by atoms with E-state index in [4.69, 9.17) is 9.52 Å². The fourth-order valence-corrected chi connectivity index (χ4v) is 2.90. The lowest BCUT2D eigenvalue weighted by Gasteiger charge is -2.09. The average molecular weight is 330 g/mol. The third kappa shape index (κ3) is 3.22. The van der Waals surface area contributed by atoms with E-state index in [0.717, 1.165) is 11.0 Å². The van der Waals surface area contributed by atoms with Crippen molar-refractivity contribution in [1.29, 1.82) is 0 Å². The van der Waals surface area contributed by atoms with Crippen LogP contribution in [0.2, 0.25) is 0 Å². The summed E-state index contributed by atoms with van der Waals surface area (Å²) in [6, 6.07) is 5.18. The van der Waals surface area contributed by atoms with Gasteiger partial charge in [0.05, 0.1) is 6.04 Å². The molecule has 0 fully saturated rings. The van der Waals surface area contributed by atoms with Gasteiger partial charge < -0.3 is 14.8 Å². The number of nitrogens with one attached hydrogen (secondary N) is 1. The standard InChI is InChI=1S/C12H12BrNO3S/c1-7(10-2-3-11(17-10)12(15)16)14-5-9-4-8(13)6-18-9/h2-4,6-7,14H,5H2,1H3,(H,15,16). The second-order valence-corrected chi connectivity index (χ2v) is 5.75. The number of hydrogen-bond acceptors (Lipinski definition) is 4. The van der Waals surface area contributed by atoms with Gasteiger partial charge in [0.15, 0.2) is 0 Å². The zero-order chi connectivity index (χ0) is 13.1. The number of thiophene rings is 1. The fraction of sp³-hybridized carbons (Fsp3) is 0.250. The van der Waals surface area contributed by atoms with Crippen LogP contribution in [0.5, 0.6) is 0 Å². The minimum atomic E-state index is -1.05. The Bertz CT molecular complexity index is 549. The summed E-state index contributed by atoms with van der Waals surface area (Å²) in [7, 11) is 0. The van der Waals surface area contributed by atoms with Crippen LogP contribution < -0.4 is 5.32 Å². The molecule has 96 valence electrons. The van der Waals surface area contributed by atoms with Crippen LogP contribution >= 0.6 is 27.3 Å². The van der Waals surface area contributed by atoms with E-state index in [1.54, 1.807) is 17.4 Å². The van der Waals surface area contributed by atoms with E-state index in [1.165, 1.54) is 10.9 Å². The molecule has 1 unspecified atom stereocenters. The molecule has 2 heterocycles. The summed E-state index contributed by atoms with van der Waals surface area (Å²) in [4.78, 5) is 11.9. The summed E-state index contributed by atoms with van der Waals surface area (Å²) >= 11 is 5.06. The first-order valence-corrected chi connectivity index (χ1v) is 7.03. The average Bonchev–Trinajstić information content (AvgIpc) is 2.94. The lowest BCUT2D eigenvalue weighted by Crippen LogP contribution is -2.16. The van der Waals surface area contributed by atoms with E-state index < -0.39 is 5.97 Å². The van der Waals surface area contributed by atoms with E-state index >= 15 is 0 Å². The summed E-state index contributed by atoms with van der Waals surface area (Å²) in [6.07, 6.45) is 0. The van der Waals surface area contributed by atoms with Crippen molar-refractivity contribution in [3.63, 3.8) is 0 Å². The Morgan fingerprint density at radius 2 is 2.39 bits per heavy atom. The smallest absolute Gasteiger partial charge is 0.371 e. The zero-order valence-corrected chi connectivity index (χ0v) is 12.0. The van der Waals surface area contributed by atoms with E-state index in [1.807, 2.05) is 12.3 Å². The second-order valence-electron chi connectivity index (χ2n) is 3.84. The Balaban J connectivity index is 1.94. The molecular formula is C12H12BrNO3S. The summed E-state index contributed by atoms with van der Waals surface area (Å²) in [5.74, 6) is -0.448. The summed E-state index contributed by atoms with van der Waals surface area (Å²) in [5, 5.41) is 14.1. The molecule has 4 nitrogen and oxygen atoms in total. The van der Waals surface area contributed by atoms with Gasteiger partial charge >= 0.3 is 5.97 Å². The number of carbonyl (C=O) groups is 1. The highest BCUT2D eigenvalue weighted by atomic mass is 79.9. The fourth-order valence-electron chi connectivity index (χ4n) is 1.50. The molecular weight excluding hydrogens is 318 g/mol. The highest BCUT2D eigenvalue weighted by Gasteiger charge is 2.13. The molecule has 2 aromatic heterocycles. The number of carboxylic acids is 1. The molecule has 0 aliphatic heterocycles. The van der Waals surface area contributed by atoms with Gasteiger partial charge in [-0.15, -0.1) is 11.3 Å². The molecule has 2 aromatic rings.